The number of fused-ring (bicyclic) bond motifs is 5. The quantitative estimate of drug-likeness (QED) is 0.173. The molecule has 4 bridgehead atoms. The van der Waals surface area contributed by atoms with Gasteiger partial charge in [-0.3, -0.25) is 19.3 Å². The van der Waals surface area contributed by atoms with Gasteiger partial charge in [-0.05, 0) is 77.0 Å². The summed E-state index contributed by atoms with van der Waals surface area (Å²) in [7, 11) is 0. The number of rotatable bonds is 8. The van der Waals surface area contributed by atoms with Crippen LogP contribution in [0.25, 0.3) is 0 Å². The molecule has 3 aliphatic heterocycles. The molecule has 0 radical (unpaired) electrons. The van der Waals surface area contributed by atoms with E-state index < -0.39 is 130 Å². The molecule has 3 saturated heterocycles. The highest BCUT2D eigenvalue weighted by Crippen LogP contribution is 2.76. The maximum atomic E-state index is 13.9. The van der Waals surface area contributed by atoms with E-state index in [9.17, 15) is 44.7 Å². The second kappa shape index (κ2) is 13.8. The Bertz CT molecular complexity index is 1600. The molecule has 4 saturated carbocycles. The summed E-state index contributed by atoms with van der Waals surface area (Å²) in [5.41, 5.74) is -8.14. The van der Waals surface area contributed by atoms with Gasteiger partial charge in [0.2, 0.25) is 0 Å². The van der Waals surface area contributed by atoms with Crippen LogP contribution in [0.1, 0.15) is 101 Å². The van der Waals surface area contributed by atoms with Gasteiger partial charge in [0.1, 0.15) is 30.0 Å². The zero-order chi connectivity index (χ0) is 41.2. The topological polar surface area (TPSA) is 219 Å². The molecule has 0 aromatic rings. The van der Waals surface area contributed by atoms with E-state index in [4.69, 9.17) is 23.7 Å². The second-order valence-electron chi connectivity index (χ2n) is 19.3. The molecule has 15 nitrogen and oxygen atoms in total. The Morgan fingerprint density at radius 2 is 1.59 bits per heavy atom. The Morgan fingerprint density at radius 3 is 2.20 bits per heavy atom. The van der Waals surface area contributed by atoms with E-state index in [1.165, 1.54) is 20.8 Å². The van der Waals surface area contributed by atoms with Crippen LogP contribution in [0, 0.1) is 46.8 Å². The second-order valence-corrected chi connectivity index (χ2v) is 19.3. The van der Waals surface area contributed by atoms with Gasteiger partial charge < -0.3 is 49.2 Å². The Balaban J connectivity index is 1.42. The molecule has 5 N–H and O–H groups in total. The van der Waals surface area contributed by atoms with E-state index in [0.717, 1.165) is 13.3 Å². The average Bonchev–Trinajstić information content (AvgIpc) is 3.42. The van der Waals surface area contributed by atoms with Gasteiger partial charge in [0.05, 0.1) is 35.2 Å². The van der Waals surface area contributed by atoms with Gasteiger partial charge in [0, 0.05) is 50.2 Å². The fraction of sp³-hybridized carbons (Fsp3) is 0.902. The number of aliphatic hydroxyl groups excluding tert-OH is 2. The van der Waals surface area contributed by atoms with Crippen molar-refractivity contribution in [2.75, 3.05) is 13.1 Å². The highest BCUT2D eigenvalue weighted by atomic mass is 16.6. The van der Waals surface area contributed by atoms with Gasteiger partial charge in [-0.1, -0.05) is 27.7 Å². The van der Waals surface area contributed by atoms with Crippen molar-refractivity contribution < 1.29 is 68.4 Å². The van der Waals surface area contributed by atoms with Crippen LogP contribution in [-0.2, 0) is 42.9 Å². The van der Waals surface area contributed by atoms with Crippen molar-refractivity contribution in [3.05, 3.63) is 0 Å². The van der Waals surface area contributed by atoms with Gasteiger partial charge in [-0.25, -0.2) is 4.79 Å². The molecule has 0 aromatic carbocycles. The summed E-state index contributed by atoms with van der Waals surface area (Å²) in [6, 6.07) is -0.283. The summed E-state index contributed by atoms with van der Waals surface area (Å²) >= 11 is 0. The highest BCUT2D eigenvalue weighted by molar-refractivity contribution is 5.79. The third-order valence-electron chi connectivity index (χ3n) is 16.0. The first kappa shape index (κ1) is 41.7. The predicted octanol–water partition coefficient (Wildman–Crippen LogP) is 1.26. The molecular formula is C41H63NO14. The van der Waals surface area contributed by atoms with Crippen LogP contribution in [0.2, 0.25) is 0 Å². The first-order chi connectivity index (χ1) is 26.0. The van der Waals surface area contributed by atoms with Gasteiger partial charge >= 0.3 is 23.9 Å². The third kappa shape index (κ3) is 5.75. The molecule has 56 heavy (non-hydrogen) atoms. The number of aliphatic hydroxyl groups is 5. The minimum atomic E-state index is -2.25. The van der Waals surface area contributed by atoms with Gasteiger partial charge in [-0.15, -0.1) is 0 Å². The van der Waals surface area contributed by atoms with Crippen molar-refractivity contribution in [1.82, 2.24) is 4.90 Å². The van der Waals surface area contributed by atoms with E-state index >= 15 is 0 Å². The number of esters is 4. The number of carbonyl (C=O) groups excluding carboxylic acids is 4. The number of ether oxygens (including phenoxy) is 5. The lowest BCUT2D eigenvalue weighted by Crippen LogP contribution is -2.78. The summed E-state index contributed by atoms with van der Waals surface area (Å²) in [5, 5.41) is 60.2. The van der Waals surface area contributed by atoms with Crippen molar-refractivity contribution >= 4 is 23.9 Å². The molecule has 7 rings (SSSR count). The number of hydrogen-bond donors (Lipinski definition) is 5. The average molecular weight is 794 g/mol. The zero-order valence-corrected chi connectivity index (χ0v) is 34.2. The van der Waals surface area contributed by atoms with Gasteiger partial charge in [0.25, 0.3) is 0 Å². The highest BCUT2D eigenvalue weighted by Gasteiger charge is 2.87. The SMILES string of the molecule is CCC(C)C(=O)O[C@H]1[C@H](O)[C@H]2C(CN3CC(C)CC[C@H]3[C@@]2(C)O)C2C[C@]34O[C@@H]5C(OC(=O)C(C)(O)C(C)O)CCC3(C)C5C(OC(C)=O)C(OC(C)=O)C4[C@@]21O. The van der Waals surface area contributed by atoms with E-state index in [1.807, 2.05) is 13.8 Å². The van der Waals surface area contributed by atoms with Crippen LogP contribution < -0.4 is 0 Å². The Kier molecular flexibility index (Phi) is 10.3. The van der Waals surface area contributed by atoms with Crippen LogP contribution in [-0.4, -0.2) is 139 Å². The Morgan fingerprint density at radius 1 is 0.946 bits per heavy atom. The van der Waals surface area contributed by atoms with E-state index in [1.54, 1.807) is 13.8 Å². The predicted molar refractivity (Wildman–Crippen MR) is 195 cm³/mol. The van der Waals surface area contributed by atoms with Crippen molar-refractivity contribution in [3.63, 3.8) is 0 Å². The zero-order valence-electron chi connectivity index (χ0n) is 34.2. The van der Waals surface area contributed by atoms with Crippen molar-refractivity contribution in [2.45, 2.75) is 172 Å². The van der Waals surface area contributed by atoms with Crippen LogP contribution >= 0.6 is 0 Å². The Hall–Kier alpha value is -2.40. The van der Waals surface area contributed by atoms with E-state index in [2.05, 4.69) is 11.8 Å². The lowest BCUT2D eigenvalue weighted by molar-refractivity contribution is -0.301. The van der Waals surface area contributed by atoms with Crippen molar-refractivity contribution in [1.29, 1.82) is 0 Å². The number of carbonyl (C=O) groups is 4. The summed E-state index contributed by atoms with van der Waals surface area (Å²) in [6.45, 7) is 15.4. The normalized spacial score (nSPS) is 49.8. The minimum Gasteiger partial charge on any atom is -0.458 e. The van der Waals surface area contributed by atoms with E-state index in [-0.39, 0.29) is 18.9 Å². The lowest BCUT2D eigenvalue weighted by atomic mass is 9.48. The molecule has 7 aliphatic rings. The molecule has 15 heteroatoms. The number of piperidine rings is 2. The summed E-state index contributed by atoms with van der Waals surface area (Å²) in [5.74, 6) is -7.53. The smallest absolute Gasteiger partial charge is 0.340 e. The molecular weight excluding hydrogens is 730 g/mol. The van der Waals surface area contributed by atoms with Crippen LogP contribution in [0.5, 0.6) is 0 Å². The Labute approximate surface area is 328 Å². The first-order valence-electron chi connectivity index (χ1n) is 20.7. The molecule has 1 spiro atoms. The van der Waals surface area contributed by atoms with Crippen molar-refractivity contribution in [3.8, 4) is 0 Å². The molecule has 20 atom stereocenters. The summed E-state index contributed by atoms with van der Waals surface area (Å²) in [6.07, 6.45) is -6.45. The van der Waals surface area contributed by atoms with E-state index in [0.29, 0.717) is 38.3 Å². The fourth-order valence-corrected chi connectivity index (χ4v) is 13.0. The number of hydrogen-bond acceptors (Lipinski definition) is 15. The molecule has 7 fully saturated rings. The van der Waals surface area contributed by atoms with Crippen LogP contribution in [0.3, 0.4) is 0 Å². The summed E-state index contributed by atoms with van der Waals surface area (Å²) in [4.78, 5) is 55.6. The van der Waals surface area contributed by atoms with Crippen LogP contribution in [0.4, 0.5) is 0 Å². The molecule has 12 unspecified atom stereocenters. The minimum absolute atomic E-state index is 0.143. The van der Waals surface area contributed by atoms with Crippen molar-refractivity contribution in [2.24, 2.45) is 46.8 Å². The lowest BCUT2D eigenvalue weighted by Gasteiger charge is -2.64. The largest absolute Gasteiger partial charge is 0.458 e. The molecule has 4 aliphatic carbocycles. The molecule has 0 amide bonds. The maximum Gasteiger partial charge on any atom is 0.340 e. The number of nitrogens with zero attached hydrogens (tertiary/aromatic N) is 1. The maximum absolute atomic E-state index is 13.9. The third-order valence-corrected chi connectivity index (χ3v) is 16.0. The first-order valence-corrected chi connectivity index (χ1v) is 20.7. The van der Waals surface area contributed by atoms with Gasteiger partial charge in [-0.2, -0.15) is 0 Å². The summed E-state index contributed by atoms with van der Waals surface area (Å²) < 4.78 is 31.7. The monoisotopic (exact) mass is 793 g/mol. The molecule has 3 heterocycles. The van der Waals surface area contributed by atoms with Gasteiger partial charge in [0.15, 0.2) is 11.7 Å². The fourth-order valence-electron chi connectivity index (χ4n) is 13.0. The molecule has 316 valence electrons. The molecule has 0 aromatic heterocycles. The standard InChI is InChI=1S/C41H63NO14/c1-10-19(3)35(47)55-34-29(46)27-23(17-42-16-18(2)11-12-26(42)39(27,9)50)24-15-40-33(41(24,34)51)32(53-22(6)45)31(52-21(5)44)28-30(56-40)25(13-14-37(28,40)7)54-36(48)38(8,49)20(4)43/h18-20,23-34,43,46,49-51H,10-17H2,1-9H3/t18?,19?,20?,23?,24?,25?,26-,27+,28?,29+,30+,31?,32?,33?,34-,37?,38?,39+,40+,41-/m0/s1. The van der Waals surface area contributed by atoms with Crippen LogP contribution in [0.15, 0.2) is 0 Å².